The first-order chi connectivity index (χ1) is 23.1. The molecule has 1 N–H and O–H groups in total. The average molecular weight is 817 g/mol. The van der Waals surface area contributed by atoms with Gasteiger partial charge < -0.3 is 30.9 Å². The zero-order valence-corrected chi connectivity index (χ0v) is 35.9. The topological polar surface area (TPSA) is 180 Å². The Balaban J connectivity index is -0.000000281. The third-order valence-electron chi connectivity index (χ3n) is 5.10. The van der Waals surface area contributed by atoms with Crippen LogP contribution in [-0.4, -0.2) is 127 Å². The van der Waals surface area contributed by atoms with Crippen molar-refractivity contribution in [2.24, 2.45) is 0 Å². The molecule has 4 aromatic heterocycles. The molecule has 0 saturated carbocycles. The smallest absolute Gasteiger partial charge is 1.00 e. The van der Waals surface area contributed by atoms with Crippen LogP contribution in [0.15, 0.2) is 49.1 Å². The predicted molar refractivity (Wildman–Crippen MR) is 204 cm³/mol. The Kier molecular flexibility index (Phi) is 30.8. The number of aliphatic hydroxyl groups is 1. The van der Waals surface area contributed by atoms with Gasteiger partial charge in [0.05, 0.1) is 13.0 Å². The molecule has 0 aliphatic rings. The normalized spacial score (nSPS) is 9.16. The van der Waals surface area contributed by atoms with Crippen LogP contribution < -0.4 is 49.2 Å². The molecule has 51 heavy (non-hydrogen) atoms. The summed E-state index contributed by atoms with van der Waals surface area (Å²) in [6.45, 7) is -0.109. The summed E-state index contributed by atoms with van der Waals surface area (Å²) in [7, 11) is 23.8. The minimum atomic E-state index is -1.67. The first-order valence-corrected chi connectivity index (χ1v) is 17.4. The molecule has 0 aliphatic heterocycles. The fraction of sp³-hybridized carbons (Fsp3) is 0.393. The van der Waals surface area contributed by atoms with E-state index < -0.39 is 15.2 Å². The number of alkyl halides is 1. The van der Waals surface area contributed by atoms with Crippen molar-refractivity contribution in [3.05, 3.63) is 71.8 Å². The Labute approximate surface area is 346 Å². The summed E-state index contributed by atoms with van der Waals surface area (Å²) < 4.78 is 13.6. The van der Waals surface area contributed by atoms with Gasteiger partial charge in [-0.05, 0) is 35.9 Å². The molecule has 0 fully saturated rings. The second-order valence-electron chi connectivity index (χ2n) is 9.63. The summed E-state index contributed by atoms with van der Waals surface area (Å²) in [5.41, 5.74) is 0. The van der Waals surface area contributed by atoms with Gasteiger partial charge in [-0.1, -0.05) is 0 Å². The van der Waals surface area contributed by atoms with E-state index in [1.807, 2.05) is 77.1 Å². The summed E-state index contributed by atoms with van der Waals surface area (Å²) in [5, 5.41) is 8.98. The van der Waals surface area contributed by atoms with Crippen molar-refractivity contribution in [2.45, 2.75) is 12.5 Å². The third-order valence-corrected chi connectivity index (χ3v) is 5.52. The molecular formula is C28H41BCl4N12NaO4S. The Morgan fingerprint density at radius 2 is 1.08 bits per heavy atom. The van der Waals surface area contributed by atoms with Crippen LogP contribution in [0.3, 0.4) is 0 Å². The van der Waals surface area contributed by atoms with Gasteiger partial charge in [-0.3, -0.25) is 0 Å². The Morgan fingerprint density at radius 3 is 1.43 bits per heavy atom. The number of hydrogen-bond donors (Lipinski definition) is 1. The zero-order valence-electron chi connectivity index (χ0n) is 31.1. The second kappa shape index (κ2) is 29.9. The molecule has 0 aromatic carbocycles. The molecule has 4 rings (SSSR count). The van der Waals surface area contributed by atoms with Gasteiger partial charge in [0.1, 0.15) is 35.7 Å². The number of carbonyl (C=O) groups excluding carboxylic acids is 1. The van der Waals surface area contributed by atoms with E-state index in [9.17, 15) is 4.79 Å². The minimum absolute atomic E-state index is 0. The number of esters is 1. The van der Waals surface area contributed by atoms with Crippen molar-refractivity contribution in [2.75, 3.05) is 83.1 Å². The molecule has 4 aromatic rings. The van der Waals surface area contributed by atoms with Gasteiger partial charge >= 0.3 is 35.5 Å². The second-order valence-corrected chi connectivity index (χ2v) is 12.8. The van der Waals surface area contributed by atoms with E-state index in [1.165, 1.54) is 13.3 Å². The Bertz CT molecular complexity index is 1520. The molecule has 0 saturated heterocycles. The third kappa shape index (κ3) is 24.2. The van der Waals surface area contributed by atoms with Gasteiger partial charge in [-0.15, -0.1) is 11.6 Å². The number of aliphatic hydroxyl groups excluding tert-OH is 1. The van der Waals surface area contributed by atoms with Crippen LogP contribution in [0.25, 0.3) is 0 Å². The summed E-state index contributed by atoms with van der Waals surface area (Å²) in [6.07, 6.45) is 6.49. The first-order valence-electron chi connectivity index (χ1n) is 13.7. The molecule has 23 heteroatoms. The number of aromatic nitrogens is 8. The molecule has 4 heterocycles. The zero-order chi connectivity index (χ0) is 37.5. The van der Waals surface area contributed by atoms with Crippen LogP contribution >= 0.6 is 44.6 Å². The number of carbonyl (C=O) groups is 1. The molecule has 3 radical (unpaired) electrons. The largest absolute Gasteiger partial charge is 1.00 e. The van der Waals surface area contributed by atoms with Crippen molar-refractivity contribution in [3.8, 4) is 0 Å². The molecule has 0 amide bonds. The summed E-state index contributed by atoms with van der Waals surface area (Å²) in [4.78, 5) is 50.0. The van der Waals surface area contributed by atoms with Crippen LogP contribution in [0, 0.1) is 0 Å². The maximum atomic E-state index is 11.0. The van der Waals surface area contributed by atoms with Gasteiger partial charge in [0.15, 0.2) is 5.82 Å². The fourth-order valence-electron chi connectivity index (χ4n) is 2.78. The van der Waals surface area contributed by atoms with Gasteiger partial charge in [-0.25, -0.2) is 48.9 Å². The van der Waals surface area contributed by atoms with Crippen molar-refractivity contribution in [1.82, 2.24) is 39.9 Å². The molecule has 0 aliphatic carbocycles. The molecule has 275 valence electrons. The number of hydrogen-bond acceptors (Lipinski definition) is 16. The average Bonchev–Trinajstić information content (AvgIpc) is 3.08. The molecule has 16 nitrogen and oxygen atoms in total. The summed E-state index contributed by atoms with van der Waals surface area (Å²) in [6, 6.07) is 7.15. The Hall–Kier alpha value is -2.68. The van der Waals surface area contributed by atoms with Crippen LogP contribution in [0.1, 0.15) is 23.7 Å². The molecule has 0 bridgehead atoms. The van der Waals surface area contributed by atoms with Crippen molar-refractivity contribution in [3.63, 3.8) is 0 Å². The van der Waals surface area contributed by atoms with Gasteiger partial charge in [0.2, 0.25) is 20.3 Å². The number of ether oxygens (including phenoxy) is 1. The Morgan fingerprint density at radius 1 is 0.725 bits per heavy atom. The SMILES string of the molecule is CN(C)c1ccnc(CCl)n1.CN(C)c1ccnc(CO)n1.CN(C)c1ccnc(Cl)n1.COC(=O)c1nccc(N(C)C)n1.O=S(Cl)Cl.[B].[H-].[Na+]. The standard InChI is InChI=1S/C8H11N3O2.C7H10ClN3.C7H11N3O.C6H8ClN3.B.Cl2OS.Na.H/c1-11(2)6-4-5-9-7(10-6)8(12)13-3;1-11(2)7-3-4-9-6(5-8)10-7;1-10(2)7-3-4-8-6(5-11)9-7;1-10(2)5-3-4-8-6(7)9-5;;1-4(2)3;;/h4-5H,1-3H3;3-4H,5H2,1-2H3;3-4,11H,5H2,1-2H3;3-4H,1-2H3;;;;/q;;;;;;+1;-1. The van der Waals surface area contributed by atoms with Crippen molar-refractivity contribution >= 4 is 91.4 Å². The number of halogens is 4. The van der Waals surface area contributed by atoms with E-state index in [-0.39, 0.29) is 57.1 Å². The number of nitrogens with zero attached hydrogens (tertiary/aromatic N) is 12. The fourth-order valence-corrected chi connectivity index (χ4v) is 3.05. The van der Waals surface area contributed by atoms with Crippen LogP contribution in [-0.2, 0) is 26.5 Å². The van der Waals surface area contributed by atoms with Gasteiger partial charge in [-0.2, -0.15) is 0 Å². The molecule has 0 atom stereocenters. The van der Waals surface area contributed by atoms with E-state index in [2.05, 4.69) is 66.0 Å². The maximum absolute atomic E-state index is 11.0. The van der Waals surface area contributed by atoms with E-state index in [0.717, 1.165) is 17.5 Å². The molecule has 0 unspecified atom stereocenters. The minimum Gasteiger partial charge on any atom is -1.00 e. The van der Waals surface area contributed by atoms with Crippen LogP contribution in [0.5, 0.6) is 0 Å². The van der Waals surface area contributed by atoms with Gasteiger partial charge in [0, 0.05) is 111 Å². The van der Waals surface area contributed by atoms with Crippen molar-refractivity contribution in [1.29, 1.82) is 0 Å². The summed E-state index contributed by atoms with van der Waals surface area (Å²) in [5.74, 6) is 4.23. The van der Waals surface area contributed by atoms with E-state index in [0.29, 0.717) is 23.3 Å². The predicted octanol–water partition coefficient (Wildman–Crippen LogP) is 0.620. The maximum Gasteiger partial charge on any atom is 1.00 e. The monoisotopic (exact) mass is 815 g/mol. The molecule has 0 spiro atoms. The quantitative estimate of drug-likeness (QED) is 0.0902. The van der Waals surface area contributed by atoms with E-state index >= 15 is 0 Å². The number of anilines is 4. The van der Waals surface area contributed by atoms with Gasteiger partial charge in [0.25, 0.3) is 0 Å². The van der Waals surface area contributed by atoms with Crippen LogP contribution in [0.4, 0.5) is 23.3 Å². The first kappa shape index (κ1) is 52.7. The van der Waals surface area contributed by atoms with Crippen LogP contribution in [0.2, 0.25) is 5.28 Å². The molecular weight excluding hydrogens is 776 g/mol. The number of rotatable bonds is 7. The van der Waals surface area contributed by atoms with E-state index in [4.69, 9.17) is 32.5 Å². The number of methoxy groups -OCH3 is 1. The van der Waals surface area contributed by atoms with E-state index in [1.54, 1.807) is 41.7 Å². The van der Waals surface area contributed by atoms with Crippen molar-refractivity contribution < 1.29 is 49.8 Å². The summed E-state index contributed by atoms with van der Waals surface area (Å²) >= 11 is 11.1.